The summed E-state index contributed by atoms with van der Waals surface area (Å²) >= 11 is 0. The highest BCUT2D eigenvalue weighted by atomic mass is 19.1. The van der Waals surface area contributed by atoms with Crippen LogP contribution in [0.25, 0.3) is 0 Å². The second-order valence-corrected chi connectivity index (χ2v) is 5.37. The highest BCUT2D eigenvalue weighted by Crippen LogP contribution is 2.25. The molecular formula is C15H23FN2O2. The van der Waals surface area contributed by atoms with Crippen LogP contribution in [0.2, 0.25) is 0 Å². The largest absolute Gasteiger partial charge is 0.481 e. The van der Waals surface area contributed by atoms with E-state index in [0.29, 0.717) is 23.8 Å². The summed E-state index contributed by atoms with van der Waals surface area (Å²) in [6.07, 6.45) is -0.656. The van der Waals surface area contributed by atoms with Gasteiger partial charge in [0.1, 0.15) is 11.6 Å². The first-order chi connectivity index (χ1) is 9.31. The molecule has 0 heterocycles. The molecule has 0 aliphatic carbocycles. The lowest BCUT2D eigenvalue weighted by Gasteiger charge is -2.19. The van der Waals surface area contributed by atoms with Crippen LogP contribution in [-0.4, -0.2) is 18.6 Å². The van der Waals surface area contributed by atoms with E-state index in [1.807, 2.05) is 13.8 Å². The van der Waals surface area contributed by atoms with Gasteiger partial charge in [0.2, 0.25) is 0 Å². The zero-order chi connectivity index (χ0) is 15.3. The molecule has 0 aromatic heterocycles. The number of ether oxygens (including phenoxy) is 1. The van der Waals surface area contributed by atoms with Gasteiger partial charge >= 0.3 is 0 Å². The third-order valence-electron chi connectivity index (χ3n) is 2.82. The van der Waals surface area contributed by atoms with Gasteiger partial charge in [0, 0.05) is 18.2 Å². The molecule has 2 atom stereocenters. The molecule has 5 heteroatoms. The molecule has 0 fully saturated rings. The summed E-state index contributed by atoms with van der Waals surface area (Å²) in [5, 5.41) is 2.79. The molecule has 1 amide bonds. The van der Waals surface area contributed by atoms with Crippen molar-refractivity contribution in [3.8, 4) is 5.75 Å². The summed E-state index contributed by atoms with van der Waals surface area (Å²) < 4.78 is 18.8. The van der Waals surface area contributed by atoms with Crippen LogP contribution in [0.15, 0.2) is 18.2 Å². The van der Waals surface area contributed by atoms with Crippen molar-refractivity contribution >= 4 is 5.91 Å². The van der Waals surface area contributed by atoms with Gasteiger partial charge in [-0.15, -0.1) is 0 Å². The van der Waals surface area contributed by atoms with Crippen LogP contribution in [0, 0.1) is 11.7 Å². The van der Waals surface area contributed by atoms with E-state index in [2.05, 4.69) is 5.32 Å². The summed E-state index contributed by atoms with van der Waals surface area (Å²) in [7, 11) is 0. The molecule has 0 bridgehead atoms. The number of nitrogens with two attached hydrogens (primary N) is 1. The Morgan fingerprint density at radius 3 is 2.55 bits per heavy atom. The average molecular weight is 282 g/mol. The van der Waals surface area contributed by atoms with Crippen LogP contribution >= 0.6 is 0 Å². The van der Waals surface area contributed by atoms with Crippen molar-refractivity contribution in [1.29, 1.82) is 0 Å². The summed E-state index contributed by atoms with van der Waals surface area (Å²) in [6, 6.07) is 3.76. The average Bonchev–Trinajstić information content (AvgIpc) is 2.37. The Labute approximate surface area is 119 Å². The highest BCUT2D eigenvalue weighted by Gasteiger charge is 2.18. The van der Waals surface area contributed by atoms with Crippen LogP contribution in [0.4, 0.5) is 4.39 Å². The Balaban J connectivity index is 2.75. The predicted octanol–water partition coefficient (Wildman–Crippen LogP) is 2.38. The van der Waals surface area contributed by atoms with Crippen molar-refractivity contribution in [3.63, 3.8) is 0 Å². The predicted molar refractivity (Wildman–Crippen MR) is 76.9 cm³/mol. The molecule has 112 valence electrons. The number of hydrogen-bond donors (Lipinski definition) is 2. The van der Waals surface area contributed by atoms with E-state index in [1.165, 1.54) is 18.2 Å². The van der Waals surface area contributed by atoms with Crippen molar-refractivity contribution in [2.75, 3.05) is 6.54 Å². The smallest absolute Gasteiger partial charge is 0.260 e. The number of benzene rings is 1. The first kappa shape index (κ1) is 16.4. The van der Waals surface area contributed by atoms with E-state index < -0.39 is 6.10 Å². The summed E-state index contributed by atoms with van der Waals surface area (Å²) in [6.45, 7) is 8.02. The number of nitrogens with one attached hydrogen (secondary N) is 1. The zero-order valence-electron chi connectivity index (χ0n) is 12.4. The zero-order valence-corrected chi connectivity index (χ0v) is 12.4. The van der Waals surface area contributed by atoms with Gasteiger partial charge in [-0.1, -0.05) is 13.8 Å². The van der Waals surface area contributed by atoms with E-state index in [-0.39, 0.29) is 17.8 Å². The quantitative estimate of drug-likeness (QED) is 0.842. The maximum Gasteiger partial charge on any atom is 0.260 e. The first-order valence-corrected chi connectivity index (χ1v) is 6.80. The van der Waals surface area contributed by atoms with E-state index >= 15 is 0 Å². The van der Waals surface area contributed by atoms with Crippen molar-refractivity contribution in [2.45, 2.75) is 39.8 Å². The SMILES string of the molecule is CC(C)CNC(=O)C(C)Oc1ccc(F)cc1C(C)N. The van der Waals surface area contributed by atoms with E-state index in [0.717, 1.165) is 0 Å². The molecule has 4 nitrogen and oxygen atoms in total. The third kappa shape index (κ3) is 4.81. The molecule has 20 heavy (non-hydrogen) atoms. The highest BCUT2D eigenvalue weighted by molar-refractivity contribution is 5.80. The molecule has 0 spiro atoms. The van der Waals surface area contributed by atoms with Gasteiger partial charge in [-0.2, -0.15) is 0 Å². The topological polar surface area (TPSA) is 64.3 Å². The first-order valence-electron chi connectivity index (χ1n) is 6.80. The summed E-state index contributed by atoms with van der Waals surface area (Å²) in [5.74, 6) is 0.241. The fraction of sp³-hybridized carbons (Fsp3) is 0.533. The van der Waals surface area contributed by atoms with Crippen LogP contribution in [0.1, 0.15) is 39.3 Å². The number of rotatable bonds is 6. The number of amides is 1. The van der Waals surface area contributed by atoms with Gasteiger partial charge in [0.15, 0.2) is 6.10 Å². The fourth-order valence-corrected chi connectivity index (χ4v) is 1.67. The van der Waals surface area contributed by atoms with Crippen molar-refractivity contribution in [3.05, 3.63) is 29.6 Å². The molecule has 0 aliphatic heterocycles. The Morgan fingerprint density at radius 2 is 2.00 bits per heavy atom. The van der Waals surface area contributed by atoms with Crippen LogP contribution < -0.4 is 15.8 Å². The number of halogens is 1. The minimum atomic E-state index is -0.656. The Hall–Kier alpha value is -1.62. The van der Waals surface area contributed by atoms with Gasteiger partial charge in [0.05, 0.1) is 0 Å². The molecule has 0 aliphatic rings. The minimum absolute atomic E-state index is 0.196. The standard InChI is InChI=1S/C15H23FN2O2/c1-9(2)8-18-15(19)11(4)20-14-6-5-12(16)7-13(14)10(3)17/h5-7,9-11H,8,17H2,1-4H3,(H,18,19). The van der Waals surface area contributed by atoms with Crippen LogP contribution in [-0.2, 0) is 4.79 Å². The molecule has 1 aromatic rings. The van der Waals surface area contributed by atoms with Crippen molar-refractivity contribution in [2.24, 2.45) is 11.7 Å². The maximum atomic E-state index is 13.2. The van der Waals surface area contributed by atoms with Gasteiger partial charge in [0.25, 0.3) is 5.91 Å². The second-order valence-electron chi connectivity index (χ2n) is 5.37. The third-order valence-corrected chi connectivity index (χ3v) is 2.82. The Morgan fingerprint density at radius 1 is 1.35 bits per heavy atom. The molecule has 1 rings (SSSR count). The number of hydrogen-bond acceptors (Lipinski definition) is 3. The van der Waals surface area contributed by atoms with Crippen molar-refractivity contribution in [1.82, 2.24) is 5.32 Å². The number of carbonyl (C=O) groups is 1. The molecule has 3 N–H and O–H groups in total. The number of carbonyl (C=O) groups excluding carboxylic acids is 1. The van der Waals surface area contributed by atoms with Gasteiger partial charge in [-0.05, 0) is 38.0 Å². The van der Waals surface area contributed by atoms with Gasteiger partial charge in [-0.3, -0.25) is 4.79 Å². The Bertz CT molecular complexity index is 461. The molecule has 0 saturated heterocycles. The molecule has 0 radical (unpaired) electrons. The van der Waals surface area contributed by atoms with Gasteiger partial charge < -0.3 is 15.8 Å². The van der Waals surface area contributed by atoms with E-state index in [9.17, 15) is 9.18 Å². The normalized spacial score (nSPS) is 13.9. The lowest BCUT2D eigenvalue weighted by atomic mass is 10.1. The fourth-order valence-electron chi connectivity index (χ4n) is 1.67. The van der Waals surface area contributed by atoms with Crippen LogP contribution in [0.3, 0.4) is 0 Å². The lowest BCUT2D eigenvalue weighted by Crippen LogP contribution is -2.38. The minimum Gasteiger partial charge on any atom is -0.481 e. The van der Waals surface area contributed by atoms with Crippen LogP contribution in [0.5, 0.6) is 5.75 Å². The monoisotopic (exact) mass is 282 g/mol. The molecule has 1 aromatic carbocycles. The van der Waals surface area contributed by atoms with E-state index in [4.69, 9.17) is 10.5 Å². The second kappa shape index (κ2) is 7.24. The maximum absolute atomic E-state index is 13.2. The van der Waals surface area contributed by atoms with E-state index in [1.54, 1.807) is 13.8 Å². The summed E-state index contributed by atoms with van der Waals surface area (Å²) in [5.41, 5.74) is 6.34. The van der Waals surface area contributed by atoms with Crippen molar-refractivity contribution < 1.29 is 13.9 Å². The molecular weight excluding hydrogens is 259 g/mol. The van der Waals surface area contributed by atoms with Gasteiger partial charge in [-0.25, -0.2) is 4.39 Å². The molecule has 0 saturated carbocycles. The summed E-state index contributed by atoms with van der Waals surface area (Å²) in [4.78, 5) is 11.9. The molecule has 2 unspecified atom stereocenters. The Kier molecular flexibility index (Phi) is 5.95. The lowest BCUT2D eigenvalue weighted by molar-refractivity contribution is -0.127.